The van der Waals surface area contributed by atoms with Gasteiger partial charge in [-0.1, -0.05) is 6.07 Å². The number of sulfonamides is 1. The number of hydrogen-bond donors (Lipinski definition) is 1. The Morgan fingerprint density at radius 3 is 2.48 bits per heavy atom. The molecule has 8 nitrogen and oxygen atoms in total. The minimum absolute atomic E-state index is 0.0347. The van der Waals surface area contributed by atoms with Crippen molar-refractivity contribution in [3.63, 3.8) is 0 Å². The van der Waals surface area contributed by atoms with Gasteiger partial charge in [-0.05, 0) is 61.6 Å². The first kappa shape index (κ1) is 23.1. The van der Waals surface area contributed by atoms with Gasteiger partial charge in [-0.3, -0.25) is 14.3 Å². The van der Waals surface area contributed by atoms with E-state index in [1.807, 2.05) is 4.90 Å². The van der Waals surface area contributed by atoms with E-state index < -0.39 is 10.0 Å². The number of piperidine rings is 1. The molecule has 0 atom stereocenters. The fourth-order valence-electron chi connectivity index (χ4n) is 4.36. The monoisotopic (exact) mass is 471 g/mol. The van der Waals surface area contributed by atoms with Crippen LogP contribution in [-0.2, 0) is 26.0 Å². The van der Waals surface area contributed by atoms with E-state index in [2.05, 4.69) is 4.72 Å². The Kier molecular flexibility index (Phi) is 6.88. The Labute approximate surface area is 194 Å². The minimum Gasteiger partial charge on any atom is -0.497 e. The smallest absolute Gasteiger partial charge is 0.261 e. The second-order valence-corrected chi connectivity index (χ2v) is 10.0. The van der Waals surface area contributed by atoms with Crippen molar-refractivity contribution in [2.24, 2.45) is 0 Å². The molecule has 176 valence electrons. The second-order valence-electron chi connectivity index (χ2n) is 8.36. The van der Waals surface area contributed by atoms with E-state index in [0.29, 0.717) is 30.1 Å². The largest absolute Gasteiger partial charge is 0.497 e. The molecule has 2 aromatic rings. The number of fused-ring (bicyclic) bond motifs is 1. The van der Waals surface area contributed by atoms with Crippen LogP contribution < -0.4 is 14.4 Å². The zero-order chi connectivity index (χ0) is 23.4. The van der Waals surface area contributed by atoms with Gasteiger partial charge in [0.05, 0.1) is 17.7 Å². The third-order valence-corrected chi connectivity index (χ3v) is 7.52. The Balaban J connectivity index is 1.41. The molecular weight excluding hydrogens is 442 g/mol. The SMILES string of the molecule is COc1cccc(NS(=O)(=O)c2ccc3c(c2)CCN3C(=O)CCC(=O)N2CCCCC2)c1. The zero-order valence-corrected chi connectivity index (χ0v) is 19.6. The summed E-state index contributed by atoms with van der Waals surface area (Å²) >= 11 is 0. The standard InChI is InChI=1S/C24H29N3O5S/c1-32-20-7-5-6-19(17-20)25-33(30,31)21-8-9-22-18(16-21)12-15-27(22)24(29)11-10-23(28)26-13-3-2-4-14-26/h5-9,16-17,25H,2-4,10-15H2,1H3. The molecule has 4 rings (SSSR count). The van der Waals surface area contributed by atoms with Gasteiger partial charge >= 0.3 is 0 Å². The molecule has 1 fully saturated rings. The van der Waals surface area contributed by atoms with E-state index in [9.17, 15) is 18.0 Å². The molecule has 0 radical (unpaired) electrons. The highest BCUT2D eigenvalue weighted by Gasteiger charge is 2.27. The zero-order valence-electron chi connectivity index (χ0n) is 18.7. The fraction of sp³-hybridized carbons (Fsp3) is 0.417. The number of rotatable bonds is 7. The van der Waals surface area contributed by atoms with Crippen molar-refractivity contribution in [2.45, 2.75) is 43.4 Å². The molecule has 2 aliphatic rings. The summed E-state index contributed by atoms with van der Waals surface area (Å²) in [5.41, 5.74) is 1.93. The maximum absolute atomic E-state index is 12.9. The number of likely N-dealkylation sites (tertiary alicyclic amines) is 1. The molecule has 33 heavy (non-hydrogen) atoms. The van der Waals surface area contributed by atoms with Gasteiger partial charge < -0.3 is 14.5 Å². The lowest BCUT2D eigenvalue weighted by molar-refractivity contribution is -0.133. The van der Waals surface area contributed by atoms with E-state index in [1.54, 1.807) is 41.3 Å². The Morgan fingerprint density at radius 1 is 0.970 bits per heavy atom. The van der Waals surface area contributed by atoms with Crippen LogP contribution in [0.1, 0.15) is 37.7 Å². The molecule has 0 aliphatic carbocycles. The number of carbonyl (C=O) groups excluding carboxylic acids is 2. The summed E-state index contributed by atoms with van der Waals surface area (Å²) in [6, 6.07) is 11.5. The van der Waals surface area contributed by atoms with E-state index >= 15 is 0 Å². The predicted molar refractivity (Wildman–Crippen MR) is 126 cm³/mol. The highest BCUT2D eigenvalue weighted by molar-refractivity contribution is 7.92. The normalized spacial score (nSPS) is 15.8. The van der Waals surface area contributed by atoms with E-state index in [1.165, 1.54) is 13.2 Å². The van der Waals surface area contributed by atoms with Crippen molar-refractivity contribution >= 4 is 33.2 Å². The molecular formula is C24H29N3O5S. The Bertz CT molecular complexity index is 1140. The van der Waals surface area contributed by atoms with Gasteiger partial charge in [0.2, 0.25) is 11.8 Å². The number of methoxy groups -OCH3 is 1. The molecule has 9 heteroatoms. The summed E-state index contributed by atoms with van der Waals surface area (Å²) < 4.78 is 33.4. The number of anilines is 2. The first-order valence-corrected chi connectivity index (χ1v) is 12.7. The molecule has 2 heterocycles. The van der Waals surface area contributed by atoms with Crippen LogP contribution in [0.4, 0.5) is 11.4 Å². The molecule has 0 unspecified atom stereocenters. The fourth-order valence-corrected chi connectivity index (χ4v) is 5.45. The third kappa shape index (κ3) is 5.30. The number of amides is 2. The molecule has 2 amide bonds. The number of ether oxygens (including phenoxy) is 1. The topological polar surface area (TPSA) is 96.0 Å². The van der Waals surface area contributed by atoms with Gasteiger partial charge in [-0.2, -0.15) is 0 Å². The summed E-state index contributed by atoms with van der Waals surface area (Å²) in [6.07, 6.45) is 4.14. The van der Waals surface area contributed by atoms with Crippen LogP contribution in [0.3, 0.4) is 0 Å². The number of hydrogen-bond acceptors (Lipinski definition) is 5. The molecule has 2 aliphatic heterocycles. The lowest BCUT2D eigenvalue weighted by Crippen LogP contribution is -2.37. The first-order valence-electron chi connectivity index (χ1n) is 11.3. The van der Waals surface area contributed by atoms with Gasteiger partial charge in [0.15, 0.2) is 0 Å². The summed E-state index contributed by atoms with van der Waals surface area (Å²) in [7, 11) is -2.27. The average Bonchev–Trinajstić information content (AvgIpc) is 3.26. The predicted octanol–water partition coefficient (Wildman–Crippen LogP) is 3.18. The molecule has 0 spiro atoms. The van der Waals surface area contributed by atoms with E-state index in [-0.39, 0.29) is 29.6 Å². The first-order chi connectivity index (χ1) is 15.9. The summed E-state index contributed by atoms with van der Waals surface area (Å²) in [5.74, 6) is 0.480. The molecule has 0 saturated carbocycles. The Morgan fingerprint density at radius 2 is 1.73 bits per heavy atom. The molecule has 2 aromatic carbocycles. The van der Waals surface area contributed by atoms with Crippen LogP contribution in [0.2, 0.25) is 0 Å². The highest BCUT2D eigenvalue weighted by Crippen LogP contribution is 2.31. The van der Waals surface area contributed by atoms with E-state index in [0.717, 1.165) is 37.9 Å². The van der Waals surface area contributed by atoms with Crippen molar-refractivity contribution in [3.05, 3.63) is 48.0 Å². The molecule has 1 saturated heterocycles. The van der Waals surface area contributed by atoms with Gasteiger partial charge in [0.1, 0.15) is 5.75 Å². The van der Waals surface area contributed by atoms with Crippen LogP contribution in [0.25, 0.3) is 0 Å². The van der Waals surface area contributed by atoms with Gasteiger partial charge in [-0.15, -0.1) is 0 Å². The molecule has 0 bridgehead atoms. The number of nitrogens with one attached hydrogen (secondary N) is 1. The lowest BCUT2D eigenvalue weighted by atomic mass is 10.1. The van der Waals surface area contributed by atoms with Crippen molar-refractivity contribution < 1.29 is 22.7 Å². The van der Waals surface area contributed by atoms with Crippen molar-refractivity contribution in [2.75, 3.05) is 36.4 Å². The minimum atomic E-state index is -3.79. The lowest BCUT2D eigenvalue weighted by Gasteiger charge is -2.27. The second kappa shape index (κ2) is 9.82. The van der Waals surface area contributed by atoms with Gasteiger partial charge in [0.25, 0.3) is 10.0 Å². The van der Waals surface area contributed by atoms with Crippen molar-refractivity contribution in [3.8, 4) is 5.75 Å². The maximum Gasteiger partial charge on any atom is 0.261 e. The molecule has 0 aromatic heterocycles. The van der Waals surface area contributed by atoms with Crippen molar-refractivity contribution in [1.29, 1.82) is 0 Å². The average molecular weight is 472 g/mol. The Hall–Kier alpha value is -3.07. The molecule has 1 N–H and O–H groups in total. The van der Waals surface area contributed by atoms with Crippen LogP contribution in [-0.4, -0.2) is 51.9 Å². The highest BCUT2D eigenvalue weighted by atomic mass is 32.2. The van der Waals surface area contributed by atoms with Crippen LogP contribution >= 0.6 is 0 Å². The number of carbonyl (C=O) groups is 2. The summed E-state index contributed by atoms with van der Waals surface area (Å²) in [6.45, 7) is 2.04. The van der Waals surface area contributed by atoms with Crippen molar-refractivity contribution in [1.82, 2.24) is 4.90 Å². The van der Waals surface area contributed by atoms with E-state index in [4.69, 9.17) is 4.74 Å². The third-order valence-electron chi connectivity index (χ3n) is 6.14. The number of nitrogens with zero attached hydrogens (tertiary/aromatic N) is 2. The quantitative estimate of drug-likeness (QED) is 0.669. The summed E-state index contributed by atoms with van der Waals surface area (Å²) in [5, 5.41) is 0. The van der Waals surface area contributed by atoms with Gasteiger partial charge in [-0.25, -0.2) is 8.42 Å². The maximum atomic E-state index is 12.9. The van der Waals surface area contributed by atoms with Crippen LogP contribution in [0.15, 0.2) is 47.4 Å². The van der Waals surface area contributed by atoms with Crippen LogP contribution in [0, 0.1) is 0 Å². The summed E-state index contributed by atoms with van der Waals surface area (Å²) in [4.78, 5) is 28.8. The number of benzene rings is 2. The van der Waals surface area contributed by atoms with Gasteiger partial charge in [0, 0.05) is 44.2 Å². The van der Waals surface area contributed by atoms with Crippen LogP contribution in [0.5, 0.6) is 5.75 Å².